The molecule has 1 unspecified atom stereocenters. The van der Waals surface area contributed by atoms with E-state index in [1.807, 2.05) is 28.1 Å². The van der Waals surface area contributed by atoms with Gasteiger partial charge in [-0.3, -0.25) is 0 Å². The van der Waals surface area contributed by atoms with Crippen molar-refractivity contribution in [1.82, 2.24) is 19.8 Å². The molecule has 0 aliphatic carbocycles. The minimum atomic E-state index is 0.227. The van der Waals surface area contributed by atoms with Crippen LogP contribution in [0.25, 0.3) is 17.0 Å². The van der Waals surface area contributed by atoms with Gasteiger partial charge in [0.2, 0.25) is 0 Å². The molecule has 138 valence electrons. The fraction of sp³-hybridized carbons (Fsp3) is 0.350. The van der Waals surface area contributed by atoms with Crippen molar-refractivity contribution in [2.75, 3.05) is 11.4 Å². The monoisotopic (exact) mass is 379 g/mol. The average molecular weight is 379 g/mol. The molecule has 27 heavy (non-hydrogen) atoms. The van der Waals surface area contributed by atoms with E-state index in [9.17, 15) is 0 Å². The van der Waals surface area contributed by atoms with Gasteiger partial charge < -0.3 is 9.32 Å². The Morgan fingerprint density at radius 3 is 2.93 bits per heavy atom. The highest BCUT2D eigenvalue weighted by atomic mass is 32.1. The minimum absolute atomic E-state index is 0.227. The molecule has 1 aliphatic heterocycles. The molecule has 6 nitrogen and oxygen atoms in total. The summed E-state index contributed by atoms with van der Waals surface area (Å²) in [6, 6.07) is 10.5. The fourth-order valence-electron chi connectivity index (χ4n) is 3.77. The molecule has 1 atom stereocenters. The van der Waals surface area contributed by atoms with Gasteiger partial charge in [0.25, 0.3) is 0 Å². The molecular formula is C20H21N5OS. The van der Waals surface area contributed by atoms with Gasteiger partial charge in [0.15, 0.2) is 11.5 Å². The first-order chi connectivity index (χ1) is 13.3. The molecule has 1 saturated heterocycles. The Hall–Kier alpha value is -2.67. The van der Waals surface area contributed by atoms with Crippen molar-refractivity contribution in [2.24, 2.45) is 0 Å². The fourth-order valence-corrected chi connectivity index (χ4v) is 4.40. The third kappa shape index (κ3) is 2.92. The molecule has 4 aromatic heterocycles. The molecule has 7 heteroatoms. The van der Waals surface area contributed by atoms with Crippen molar-refractivity contribution in [1.29, 1.82) is 0 Å². The number of fused-ring (bicyclic) bond motifs is 1. The van der Waals surface area contributed by atoms with Gasteiger partial charge in [0.1, 0.15) is 17.3 Å². The second kappa shape index (κ2) is 6.81. The van der Waals surface area contributed by atoms with Crippen LogP contribution in [0.3, 0.4) is 0 Å². The third-order valence-electron chi connectivity index (χ3n) is 5.18. The van der Waals surface area contributed by atoms with E-state index in [2.05, 4.69) is 39.5 Å². The molecule has 0 spiro atoms. The van der Waals surface area contributed by atoms with E-state index in [-0.39, 0.29) is 6.04 Å². The molecule has 5 heterocycles. The van der Waals surface area contributed by atoms with E-state index in [1.54, 1.807) is 11.3 Å². The number of hydrogen-bond donors (Lipinski definition) is 0. The van der Waals surface area contributed by atoms with Gasteiger partial charge in [-0.2, -0.15) is 15.9 Å². The lowest BCUT2D eigenvalue weighted by atomic mass is 10.00. The van der Waals surface area contributed by atoms with Crippen molar-refractivity contribution in [3.8, 4) is 11.4 Å². The Kier molecular flexibility index (Phi) is 4.16. The summed E-state index contributed by atoms with van der Waals surface area (Å²) in [6.45, 7) is 3.09. The highest BCUT2D eigenvalue weighted by molar-refractivity contribution is 7.08. The van der Waals surface area contributed by atoms with Gasteiger partial charge in [0.05, 0.1) is 6.04 Å². The first-order valence-electron chi connectivity index (χ1n) is 9.44. The zero-order chi connectivity index (χ0) is 18.2. The Balaban J connectivity index is 1.55. The summed E-state index contributed by atoms with van der Waals surface area (Å²) in [4.78, 5) is 2.36. The second-order valence-electron chi connectivity index (χ2n) is 6.86. The van der Waals surface area contributed by atoms with E-state index in [0.29, 0.717) is 0 Å². The molecule has 0 amide bonds. The average Bonchev–Trinajstić information content (AvgIpc) is 3.47. The molecule has 1 aliphatic rings. The largest absolute Gasteiger partial charge is 0.464 e. The lowest BCUT2D eigenvalue weighted by Crippen LogP contribution is -2.34. The van der Waals surface area contributed by atoms with E-state index in [0.717, 1.165) is 60.2 Å². The summed E-state index contributed by atoms with van der Waals surface area (Å²) in [7, 11) is 0. The van der Waals surface area contributed by atoms with Crippen LogP contribution in [-0.4, -0.2) is 26.4 Å². The van der Waals surface area contributed by atoms with Gasteiger partial charge in [-0.05, 0) is 55.0 Å². The molecule has 0 radical (unpaired) electrons. The number of furan rings is 1. The summed E-state index contributed by atoms with van der Waals surface area (Å²) in [5.74, 6) is 3.80. The number of hydrogen-bond acceptors (Lipinski definition) is 6. The zero-order valence-corrected chi connectivity index (χ0v) is 16.0. The third-order valence-corrected chi connectivity index (χ3v) is 5.87. The molecular weight excluding hydrogens is 358 g/mol. The standard InChI is InChI=1S/C20H21N5OS/c1-2-15-6-7-17(26-15)16-5-3-4-11-24(16)19-9-8-18-21-22-20(25(18)23-19)14-10-12-27-13-14/h6-10,12-13,16H,2-5,11H2,1H3. The maximum absolute atomic E-state index is 6.08. The van der Waals surface area contributed by atoms with Crippen LogP contribution < -0.4 is 4.90 Å². The second-order valence-corrected chi connectivity index (χ2v) is 7.64. The van der Waals surface area contributed by atoms with Crippen molar-refractivity contribution >= 4 is 22.8 Å². The molecule has 5 rings (SSSR count). The van der Waals surface area contributed by atoms with Crippen LogP contribution in [-0.2, 0) is 6.42 Å². The van der Waals surface area contributed by atoms with Gasteiger partial charge >= 0.3 is 0 Å². The van der Waals surface area contributed by atoms with E-state index in [4.69, 9.17) is 9.52 Å². The highest BCUT2D eigenvalue weighted by Gasteiger charge is 2.28. The maximum atomic E-state index is 6.08. The van der Waals surface area contributed by atoms with Gasteiger partial charge in [-0.25, -0.2) is 0 Å². The maximum Gasteiger partial charge on any atom is 0.186 e. The number of anilines is 1. The lowest BCUT2D eigenvalue weighted by molar-refractivity contribution is 0.375. The molecule has 0 bridgehead atoms. The van der Waals surface area contributed by atoms with Crippen LogP contribution in [0.4, 0.5) is 5.82 Å². The Labute approximate surface area is 161 Å². The number of piperidine rings is 1. The predicted octanol–water partition coefficient (Wildman–Crippen LogP) is 4.74. The van der Waals surface area contributed by atoms with Crippen molar-refractivity contribution in [2.45, 2.75) is 38.6 Å². The van der Waals surface area contributed by atoms with Crippen LogP contribution in [0.2, 0.25) is 0 Å². The van der Waals surface area contributed by atoms with Gasteiger partial charge in [-0.1, -0.05) is 6.92 Å². The Morgan fingerprint density at radius 1 is 1.15 bits per heavy atom. The molecule has 0 N–H and O–H groups in total. The topological polar surface area (TPSA) is 59.5 Å². The van der Waals surface area contributed by atoms with Gasteiger partial charge in [-0.15, -0.1) is 15.3 Å². The highest BCUT2D eigenvalue weighted by Crippen LogP contribution is 2.35. The van der Waals surface area contributed by atoms with Gasteiger partial charge in [0, 0.05) is 23.9 Å². The first kappa shape index (κ1) is 16.5. The Morgan fingerprint density at radius 2 is 2.11 bits per heavy atom. The molecule has 1 fully saturated rings. The van der Waals surface area contributed by atoms with Crippen LogP contribution in [0.1, 0.15) is 43.7 Å². The zero-order valence-electron chi connectivity index (χ0n) is 15.2. The SMILES string of the molecule is CCc1ccc(C2CCCCN2c2ccc3nnc(-c4ccsc4)n3n2)o1. The van der Waals surface area contributed by atoms with Crippen LogP contribution >= 0.6 is 11.3 Å². The van der Waals surface area contributed by atoms with Crippen molar-refractivity contribution in [3.05, 3.63) is 52.6 Å². The number of thiophene rings is 1. The van der Waals surface area contributed by atoms with Crippen LogP contribution in [0, 0.1) is 0 Å². The van der Waals surface area contributed by atoms with Crippen LogP contribution in [0.5, 0.6) is 0 Å². The van der Waals surface area contributed by atoms with E-state index >= 15 is 0 Å². The Bertz CT molecular complexity index is 1050. The summed E-state index contributed by atoms with van der Waals surface area (Å²) < 4.78 is 7.93. The number of aromatic nitrogens is 4. The number of rotatable bonds is 4. The number of nitrogens with zero attached hydrogens (tertiary/aromatic N) is 5. The molecule has 0 aromatic carbocycles. The summed E-state index contributed by atoms with van der Waals surface area (Å²) in [5.41, 5.74) is 1.81. The summed E-state index contributed by atoms with van der Waals surface area (Å²) >= 11 is 1.65. The first-order valence-corrected chi connectivity index (χ1v) is 10.4. The normalized spacial score (nSPS) is 17.7. The molecule has 4 aromatic rings. The lowest BCUT2D eigenvalue weighted by Gasteiger charge is -2.35. The van der Waals surface area contributed by atoms with Crippen molar-refractivity contribution < 1.29 is 4.42 Å². The minimum Gasteiger partial charge on any atom is -0.464 e. The quantitative estimate of drug-likeness (QED) is 0.512. The summed E-state index contributed by atoms with van der Waals surface area (Å²) in [6.07, 6.45) is 4.37. The smallest absolute Gasteiger partial charge is 0.186 e. The molecule has 0 saturated carbocycles. The van der Waals surface area contributed by atoms with Crippen molar-refractivity contribution in [3.63, 3.8) is 0 Å². The van der Waals surface area contributed by atoms with E-state index in [1.165, 1.54) is 6.42 Å². The van der Waals surface area contributed by atoms with Crippen LogP contribution in [0.15, 0.2) is 45.5 Å². The predicted molar refractivity (Wildman–Crippen MR) is 106 cm³/mol. The van der Waals surface area contributed by atoms with E-state index < -0.39 is 0 Å². The number of aryl methyl sites for hydroxylation is 1. The summed E-state index contributed by atoms with van der Waals surface area (Å²) in [5, 5.41) is 17.6.